The third kappa shape index (κ3) is 4.26. The quantitative estimate of drug-likeness (QED) is 0.678. The Morgan fingerprint density at radius 1 is 0.963 bits per heavy atom. The van der Waals surface area contributed by atoms with E-state index < -0.39 is 5.97 Å². The van der Waals surface area contributed by atoms with E-state index in [9.17, 15) is 14.7 Å². The second-order valence-electron chi connectivity index (χ2n) is 6.15. The van der Waals surface area contributed by atoms with Gasteiger partial charge in [-0.15, -0.1) is 0 Å². The average molecular weight is 363 g/mol. The number of phenolic OH excluding ortho intramolecular Hbond substituents is 1. The van der Waals surface area contributed by atoms with Gasteiger partial charge in [0.15, 0.2) is 6.61 Å². The molecule has 0 aliphatic rings. The SMILES string of the molecule is CCN(Cc1ccccc1)C(=O)COC(=O)c1ccc2ccccc2c1O. The Kier molecular flexibility index (Phi) is 5.71. The molecule has 0 spiro atoms. The number of nitrogens with zero attached hydrogens (tertiary/aromatic N) is 1. The number of esters is 1. The number of benzene rings is 3. The standard InChI is InChI=1S/C22H21NO4/c1-2-23(14-16-8-4-3-5-9-16)20(24)15-27-22(26)19-13-12-17-10-6-7-11-18(17)21(19)25/h3-13,25H,2,14-15H2,1H3. The van der Waals surface area contributed by atoms with Gasteiger partial charge in [-0.1, -0.05) is 60.7 Å². The summed E-state index contributed by atoms with van der Waals surface area (Å²) in [7, 11) is 0. The van der Waals surface area contributed by atoms with Crippen LogP contribution in [0.1, 0.15) is 22.8 Å². The second-order valence-corrected chi connectivity index (χ2v) is 6.15. The molecule has 0 atom stereocenters. The topological polar surface area (TPSA) is 66.8 Å². The highest BCUT2D eigenvalue weighted by atomic mass is 16.5. The van der Waals surface area contributed by atoms with Crippen molar-refractivity contribution in [3.05, 3.63) is 77.9 Å². The third-order valence-corrected chi connectivity index (χ3v) is 4.40. The molecule has 0 unspecified atom stereocenters. The van der Waals surface area contributed by atoms with Crippen LogP contribution in [0, 0.1) is 0 Å². The molecule has 0 heterocycles. The van der Waals surface area contributed by atoms with Gasteiger partial charge in [0.05, 0.1) is 0 Å². The van der Waals surface area contributed by atoms with Crippen LogP contribution in [-0.4, -0.2) is 35.0 Å². The summed E-state index contributed by atoms with van der Waals surface area (Å²) in [6.07, 6.45) is 0. The zero-order valence-electron chi connectivity index (χ0n) is 15.1. The zero-order chi connectivity index (χ0) is 19.2. The zero-order valence-corrected chi connectivity index (χ0v) is 15.1. The Morgan fingerprint density at radius 2 is 1.67 bits per heavy atom. The van der Waals surface area contributed by atoms with E-state index in [0.717, 1.165) is 10.9 Å². The van der Waals surface area contributed by atoms with Crippen LogP contribution in [-0.2, 0) is 16.1 Å². The summed E-state index contributed by atoms with van der Waals surface area (Å²) < 4.78 is 5.15. The Labute approximate surface area is 157 Å². The Bertz CT molecular complexity index is 953. The number of hydrogen-bond acceptors (Lipinski definition) is 4. The highest BCUT2D eigenvalue weighted by molar-refractivity contribution is 6.01. The molecule has 3 aromatic carbocycles. The number of aromatic hydroxyl groups is 1. The summed E-state index contributed by atoms with van der Waals surface area (Å²) in [4.78, 5) is 26.3. The number of rotatable bonds is 6. The molecule has 27 heavy (non-hydrogen) atoms. The summed E-state index contributed by atoms with van der Waals surface area (Å²) in [5.41, 5.74) is 1.05. The van der Waals surface area contributed by atoms with Crippen LogP contribution in [0.25, 0.3) is 10.8 Å². The molecule has 1 amide bonds. The van der Waals surface area contributed by atoms with E-state index >= 15 is 0 Å². The Morgan fingerprint density at radius 3 is 2.41 bits per heavy atom. The van der Waals surface area contributed by atoms with Gasteiger partial charge >= 0.3 is 5.97 Å². The van der Waals surface area contributed by atoms with E-state index in [1.54, 1.807) is 23.1 Å². The van der Waals surface area contributed by atoms with Crippen molar-refractivity contribution in [2.24, 2.45) is 0 Å². The van der Waals surface area contributed by atoms with E-state index in [1.165, 1.54) is 6.07 Å². The van der Waals surface area contributed by atoms with Gasteiger partial charge in [0.2, 0.25) is 0 Å². The smallest absolute Gasteiger partial charge is 0.342 e. The largest absolute Gasteiger partial charge is 0.506 e. The third-order valence-electron chi connectivity index (χ3n) is 4.40. The molecule has 0 aromatic heterocycles. The van der Waals surface area contributed by atoms with Crippen molar-refractivity contribution in [3.63, 3.8) is 0 Å². The van der Waals surface area contributed by atoms with Crippen molar-refractivity contribution >= 4 is 22.6 Å². The van der Waals surface area contributed by atoms with E-state index in [1.807, 2.05) is 49.4 Å². The maximum atomic E-state index is 12.4. The van der Waals surface area contributed by atoms with Gasteiger partial charge in [-0.25, -0.2) is 4.79 Å². The normalized spacial score (nSPS) is 10.6. The summed E-state index contributed by atoms with van der Waals surface area (Å²) in [6.45, 7) is 2.46. The highest BCUT2D eigenvalue weighted by Gasteiger charge is 2.18. The average Bonchev–Trinajstić information content (AvgIpc) is 2.71. The lowest BCUT2D eigenvalue weighted by Crippen LogP contribution is -2.34. The molecular formula is C22H21NO4. The first-order valence-corrected chi connectivity index (χ1v) is 8.79. The second kappa shape index (κ2) is 8.36. The molecule has 0 saturated carbocycles. The molecule has 0 bridgehead atoms. The first kappa shape index (κ1) is 18.5. The molecule has 3 aromatic rings. The lowest BCUT2D eigenvalue weighted by Gasteiger charge is -2.21. The Hall–Kier alpha value is -3.34. The minimum absolute atomic E-state index is 0.0487. The molecule has 138 valence electrons. The maximum Gasteiger partial charge on any atom is 0.342 e. The fourth-order valence-corrected chi connectivity index (χ4v) is 2.90. The van der Waals surface area contributed by atoms with E-state index in [-0.39, 0.29) is 23.8 Å². The molecular weight excluding hydrogens is 342 g/mol. The number of ether oxygens (including phenoxy) is 1. The monoisotopic (exact) mass is 363 g/mol. The molecule has 0 saturated heterocycles. The van der Waals surface area contributed by atoms with Crippen LogP contribution in [0.2, 0.25) is 0 Å². The molecule has 0 aliphatic carbocycles. The number of hydrogen-bond donors (Lipinski definition) is 1. The fourth-order valence-electron chi connectivity index (χ4n) is 2.90. The number of phenols is 1. The van der Waals surface area contributed by atoms with Crippen molar-refractivity contribution < 1.29 is 19.4 Å². The molecule has 5 heteroatoms. The minimum Gasteiger partial charge on any atom is -0.506 e. The minimum atomic E-state index is -0.720. The van der Waals surface area contributed by atoms with Crippen molar-refractivity contribution in [1.29, 1.82) is 0 Å². The van der Waals surface area contributed by atoms with Gasteiger partial charge in [-0.05, 0) is 23.9 Å². The molecule has 1 N–H and O–H groups in total. The van der Waals surface area contributed by atoms with Crippen LogP contribution in [0.3, 0.4) is 0 Å². The predicted molar refractivity (Wildman–Crippen MR) is 103 cm³/mol. The van der Waals surface area contributed by atoms with Gasteiger partial charge in [0, 0.05) is 18.5 Å². The van der Waals surface area contributed by atoms with Crippen LogP contribution in [0.15, 0.2) is 66.7 Å². The summed E-state index contributed by atoms with van der Waals surface area (Å²) in [5, 5.41) is 11.7. The number of carbonyl (C=O) groups excluding carboxylic acids is 2. The highest BCUT2D eigenvalue weighted by Crippen LogP contribution is 2.29. The number of likely N-dealkylation sites (N-methyl/N-ethyl adjacent to an activating group) is 1. The van der Waals surface area contributed by atoms with Crippen LogP contribution in [0.5, 0.6) is 5.75 Å². The Balaban J connectivity index is 1.66. The molecule has 0 fully saturated rings. The van der Waals surface area contributed by atoms with Crippen molar-refractivity contribution in [2.75, 3.05) is 13.2 Å². The van der Waals surface area contributed by atoms with E-state index in [2.05, 4.69) is 0 Å². The molecule has 3 rings (SSSR count). The molecule has 5 nitrogen and oxygen atoms in total. The van der Waals surface area contributed by atoms with E-state index in [0.29, 0.717) is 18.5 Å². The van der Waals surface area contributed by atoms with Gasteiger partial charge < -0.3 is 14.7 Å². The van der Waals surface area contributed by atoms with Gasteiger partial charge in [0.1, 0.15) is 11.3 Å². The van der Waals surface area contributed by atoms with Crippen LogP contribution >= 0.6 is 0 Å². The van der Waals surface area contributed by atoms with E-state index in [4.69, 9.17) is 4.74 Å². The van der Waals surface area contributed by atoms with Gasteiger partial charge in [-0.3, -0.25) is 4.79 Å². The summed E-state index contributed by atoms with van der Waals surface area (Å²) in [6, 6.07) is 20.1. The predicted octanol–water partition coefficient (Wildman–Crippen LogP) is 3.75. The summed E-state index contributed by atoms with van der Waals surface area (Å²) >= 11 is 0. The summed E-state index contributed by atoms with van der Waals surface area (Å²) in [5.74, 6) is -1.14. The van der Waals surface area contributed by atoms with Gasteiger partial charge in [0.25, 0.3) is 5.91 Å². The van der Waals surface area contributed by atoms with Crippen molar-refractivity contribution in [1.82, 2.24) is 4.90 Å². The number of fused-ring (bicyclic) bond motifs is 1. The molecule has 0 aliphatic heterocycles. The maximum absolute atomic E-state index is 12.4. The lowest BCUT2D eigenvalue weighted by atomic mass is 10.1. The lowest BCUT2D eigenvalue weighted by molar-refractivity contribution is -0.134. The van der Waals surface area contributed by atoms with Crippen LogP contribution in [0.4, 0.5) is 0 Å². The first-order valence-electron chi connectivity index (χ1n) is 8.79. The first-order chi connectivity index (χ1) is 13.1. The fraction of sp³-hybridized carbons (Fsp3) is 0.182. The van der Waals surface area contributed by atoms with Crippen LogP contribution < -0.4 is 0 Å². The van der Waals surface area contributed by atoms with Gasteiger partial charge in [-0.2, -0.15) is 0 Å². The number of amides is 1. The molecule has 0 radical (unpaired) electrons. The number of carbonyl (C=O) groups is 2. The van der Waals surface area contributed by atoms with Crippen molar-refractivity contribution in [2.45, 2.75) is 13.5 Å². The van der Waals surface area contributed by atoms with Crippen molar-refractivity contribution in [3.8, 4) is 5.75 Å².